The van der Waals surface area contributed by atoms with Crippen LogP contribution in [0.2, 0.25) is 25.7 Å². The number of rotatable bonds is 8. The second-order valence-electron chi connectivity index (χ2n) is 13.2. The molecule has 1 aliphatic rings. The zero-order chi connectivity index (χ0) is 32.4. The lowest BCUT2D eigenvalue weighted by molar-refractivity contribution is -0.137. The Kier molecular flexibility index (Phi) is 9.60. The topological polar surface area (TPSA) is 105 Å². The summed E-state index contributed by atoms with van der Waals surface area (Å²) in [6.07, 6.45) is -1.86. The number of piperidine rings is 1. The smallest absolute Gasteiger partial charge is 0.419 e. The SMILES string of the molecule is CC(C)(C)OC(=O)N1CCC[C@H](Nc2ncc(C(F)(F)F)c(-c3cn(COCC[Si](C)(C)C)c4cc(C#N)c(F)cc34)n2)C1. The second-order valence-corrected chi connectivity index (χ2v) is 18.8. The van der Waals surface area contributed by atoms with Gasteiger partial charge < -0.3 is 24.3 Å². The minimum atomic E-state index is -4.81. The number of nitriles is 1. The van der Waals surface area contributed by atoms with Gasteiger partial charge in [0.1, 0.15) is 29.8 Å². The molecule has 1 amide bonds. The molecule has 238 valence electrons. The highest BCUT2D eigenvalue weighted by molar-refractivity contribution is 6.76. The first-order chi connectivity index (χ1) is 20.4. The minimum absolute atomic E-state index is 0.00238. The first-order valence-electron chi connectivity index (χ1n) is 14.4. The molecule has 0 aliphatic carbocycles. The van der Waals surface area contributed by atoms with Crippen molar-refractivity contribution in [2.75, 3.05) is 25.0 Å². The number of carbonyl (C=O) groups is 1. The summed E-state index contributed by atoms with van der Waals surface area (Å²) >= 11 is 0. The molecule has 2 aromatic heterocycles. The van der Waals surface area contributed by atoms with Gasteiger partial charge in [-0.3, -0.25) is 0 Å². The molecule has 0 bridgehead atoms. The summed E-state index contributed by atoms with van der Waals surface area (Å²) in [7, 11) is -1.40. The highest BCUT2D eigenvalue weighted by Crippen LogP contribution is 2.40. The number of hydrogen-bond donors (Lipinski definition) is 1. The van der Waals surface area contributed by atoms with E-state index >= 15 is 0 Å². The molecule has 9 nitrogen and oxygen atoms in total. The van der Waals surface area contributed by atoms with Crippen LogP contribution >= 0.6 is 0 Å². The fourth-order valence-corrected chi connectivity index (χ4v) is 5.62. The van der Waals surface area contributed by atoms with Crippen LogP contribution in [0.1, 0.15) is 44.7 Å². The van der Waals surface area contributed by atoms with E-state index in [-0.39, 0.29) is 41.8 Å². The lowest BCUT2D eigenvalue weighted by Gasteiger charge is -2.34. The number of hydrogen-bond acceptors (Lipinski definition) is 7. The Labute approximate surface area is 255 Å². The molecule has 44 heavy (non-hydrogen) atoms. The normalized spacial score (nSPS) is 16.2. The van der Waals surface area contributed by atoms with Crippen molar-refractivity contribution >= 4 is 31.0 Å². The first-order valence-corrected chi connectivity index (χ1v) is 18.2. The van der Waals surface area contributed by atoms with Crippen molar-refractivity contribution < 1.29 is 31.8 Å². The molecular formula is C30H38F4N6O3Si. The third-order valence-corrected chi connectivity index (χ3v) is 8.78. The molecule has 1 aromatic carbocycles. The van der Waals surface area contributed by atoms with E-state index < -0.39 is 43.0 Å². The van der Waals surface area contributed by atoms with Crippen molar-refractivity contribution in [3.63, 3.8) is 0 Å². The fraction of sp³-hybridized carbons (Fsp3) is 0.533. The van der Waals surface area contributed by atoms with Gasteiger partial charge in [-0.25, -0.2) is 19.2 Å². The highest BCUT2D eigenvalue weighted by atomic mass is 28.3. The predicted molar refractivity (Wildman–Crippen MR) is 161 cm³/mol. The molecule has 14 heteroatoms. The molecule has 0 spiro atoms. The van der Waals surface area contributed by atoms with Gasteiger partial charge >= 0.3 is 12.3 Å². The number of anilines is 1. The second kappa shape index (κ2) is 12.7. The lowest BCUT2D eigenvalue weighted by atomic mass is 10.0. The molecule has 0 saturated carbocycles. The summed E-state index contributed by atoms with van der Waals surface area (Å²) in [5, 5.41) is 12.6. The van der Waals surface area contributed by atoms with Crippen LogP contribution in [0.4, 0.5) is 28.3 Å². The zero-order valence-electron chi connectivity index (χ0n) is 25.8. The van der Waals surface area contributed by atoms with Crippen molar-refractivity contribution in [2.45, 2.75) is 83.8 Å². The van der Waals surface area contributed by atoms with Crippen LogP contribution in [0, 0.1) is 17.1 Å². The molecule has 1 saturated heterocycles. The number of ether oxygens (including phenoxy) is 2. The van der Waals surface area contributed by atoms with Crippen LogP contribution in [0.5, 0.6) is 0 Å². The van der Waals surface area contributed by atoms with E-state index in [0.29, 0.717) is 37.7 Å². The first kappa shape index (κ1) is 33.2. The Balaban J connectivity index is 1.71. The van der Waals surface area contributed by atoms with E-state index in [4.69, 9.17) is 9.47 Å². The maximum absolute atomic E-state index is 14.8. The van der Waals surface area contributed by atoms with Crippen LogP contribution in [0.25, 0.3) is 22.2 Å². The Morgan fingerprint density at radius 1 is 1.23 bits per heavy atom. The van der Waals surface area contributed by atoms with Crippen molar-refractivity contribution in [3.05, 3.63) is 41.5 Å². The Morgan fingerprint density at radius 3 is 2.59 bits per heavy atom. The number of nitrogens with zero attached hydrogens (tertiary/aromatic N) is 5. The molecule has 0 unspecified atom stereocenters. The molecule has 0 radical (unpaired) electrons. The van der Waals surface area contributed by atoms with Crippen LogP contribution in [0.15, 0.2) is 24.5 Å². The number of alkyl halides is 3. The summed E-state index contributed by atoms with van der Waals surface area (Å²) < 4.78 is 70.5. The maximum atomic E-state index is 14.8. The average Bonchev–Trinajstić information content (AvgIpc) is 3.25. The standard InChI is InChI=1S/C30H38F4N6O3Si/c1-29(2,3)43-28(41)39-9-7-8-20(16-39)37-27-36-15-23(30(32,33)34)26(38-27)22-17-40(18-42-10-11-44(4,5)6)25-12-19(14-35)24(31)13-21(22)25/h12-13,15,17,20H,7-11,16,18H2,1-6H3,(H,36,37,38)/t20-/m0/s1. The molecule has 1 atom stereocenters. The van der Waals surface area contributed by atoms with Gasteiger partial charge in [0.05, 0.1) is 16.8 Å². The van der Waals surface area contributed by atoms with E-state index in [1.54, 1.807) is 36.3 Å². The number of benzene rings is 1. The number of fused-ring (bicyclic) bond motifs is 1. The van der Waals surface area contributed by atoms with Gasteiger partial charge in [-0.1, -0.05) is 19.6 Å². The van der Waals surface area contributed by atoms with Crippen molar-refractivity contribution in [3.8, 4) is 17.3 Å². The zero-order valence-corrected chi connectivity index (χ0v) is 26.8. The predicted octanol–water partition coefficient (Wildman–Crippen LogP) is 7.25. The highest BCUT2D eigenvalue weighted by Gasteiger charge is 2.37. The van der Waals surface area contributed by atoms with Gasteiger partial charge in [0.25, 0.3) is 0 Å². The summed E-state index contributed by atoms with van der Waals surface area (Å²) in [6, 6.07) is 4.69. The van der Waals surface area contributed by atoms with Gasteiger partial charge in [-0.2, -0.15) is 18.4 Å². The number of nitrogens with one attached hydrogen (secondary N) is 1. The molecular weight excluding hydrogens is 596 g/mol. The van der Waals surface area contributed by atoms with Gasteiger partial charge in [-0.15, -0.1) is 0 Å². The van der Waals surface area contributed by atoms with Crippen LogP contribution < -0.4 is 5.32 Å². The fourth-order valence-electron chi connectivity index (χ4n) is 4.87. The molecule has 1 N–H and O–H groups in total. The van der Waals surface area contributed by atoms with Crippen molar-refractivity contribution in [1.29, 1.82) is 5.26 Å². The molecule has 4 rings (SSSR count). The maximum Gasteiger partial charge on any atom is 0.419 e. The van der Waals surface area contributed by atoms with Crippen LogP contribution in [-0.2, 0) is 22.4 Å². The minimum Gasteiger partial charge on any atom is -0.444 e. The quantitative estimate of drug-likeness (QED) is 0.158. The van der Waals surface area contributed by atoms with Gasteiger partial charge in [-0.05, 0) is 51.8 Å². The van der Waals surface area contributed by atoms with Crippen molar-refractivity contribution in [1.82, 2.24) is 19.4 Å². The molecule has 3 aromatic rings. The van der Waals surface area contributed by atoms with Crippen molar-refractivity contribution in [2.24, 2.45) is 0 Å². The van der Waals surface area contributed by atoms with Gasteiger partial charge in [0, 0.05) is 57.2 Å². The number of likely N-dealkylation sites (tertiary alicyclic amines) is 1. The Morgan fingerprint density at radius 2 is 1.95 bits per heavy atom. The Hall–Kier alpha value is -3.70. The lowest BCUT2D eigenvalue weighted by Crippen LogP contribution is -2.47. The molecule has 1 aliphatic heterocycles. The van der Waals surface area contributed by atoms with Gasteiger partial charge in [0.15, 0.2) is 0 Å². The molecule has 1 fully saturated rings. The average molecular weight is 635 g/mol. The summed E-state index contributed by atoms with van der Waals surface area (Å²) in [5.41, 5.74) is -2.08. The third kappa shape index (κ3) is 8.26. The molecule has 3 heterocycles. The number of halogens is 4. The number of aromatic nitrogens is 3. The van der Waals surface area contributed by atoms with Crippen LogP contribution in [0.3, 0.4) is 0 Å². The van der Waals surface area contributed by atoms with E-state index in [1.807, 2.05) is 0 Å². The largest absolute Gasteiger partial charge is 0.444 e. The number of carbonyl (C=O) groups excluding carboxylic acids is 1. The van der Waals surface area contributed by atoms with Gasteiger partial charge in [0.2, 0.25) is 5.95 Å². The third-order valence-electron chi connectivity index (χ3n) is 7.07. The van der Waals surface area contributed by atoms with E-state index in [2.05, 4.69) is 34.9 Å². The summed E-state index contributed by atoms with van der Waals surface area (Å²) in [6.45, 7) is 13.1. The van der Waals surface area contributed by atoms with E-state index in [1.165, 1.54) is 12.3 Å². The van der Waals surface area contributed by atoms with E-state index in [9.17, 15) is 27.6 Å². The summed E-state index contributed by atoms with van der Waals surface area (Å²) in [5.74, 6) is -0.922. The Bertz CT molecular complexity index is 1560. The number of amides is 1. The monoisotopic (exact) mass is 634 g/mol. The summed E-state index contributed by atoms with van der Waals surface area (Å²) in [4.78, 5) is 22.4. The van der Waals surface area contributed by atoms with Crippen LogP contribution in [-0.4, -0.2) is 64.9 Å². The van der Waals surface area contributed by atoms with E-state index in [0.717, 1.165) is 12.1 Å².